The second kappa shape index (κ2) is 4.96. The van der Waals surface area contributed by atoms with Crippen molar-refractivity contribution in [3.63, 3.8) is 0 Å². The molecule has 2 amide bonds. The molecule has 3 rings (SSSR count). The number of fused-ring (bicyclic) bond motifs is 4. The average molecular weight is 275 g/mol. The zero-order valence-electron chi connectivity index (χ0n) is 12.0. The Kier molecular flexibility index (Phi) is 3.28. The number of pyridine rings is 1. The van der Waals surface area contributed by atoms with E-state index in [0.29, 0.717) is 12.5 Å². The molecule has 0 unspecified atom stereocenters. The molecule has 1 aromatic rings. The summed E-state index contributed by atoms with van der Waals surface area (Å²) >= 11 is 0. The molecule has 1 saturated heterocycles. The number of hydrogen-bond acceptors (Lipinski definition) is 2. The van der Waals surface area contributed by atoms with Crippen LogP contribution in [0.25, 0.3) is 0 Å². The lowest BCUT2D eigenvalue weighted by atomic mass is 9.83. The summed E-state index contributed by atoms with van der Waals surface area (Å²) in [5, 5.41) is 2.96. The molecule has 2 aliphatic rings. The lowest BCUT2D eigenvalue weighted by Crippen LogP contribution is -2.52. The molecule has 20 heavy (non-hydrogen) atoms. The van der Waals surface area contributed by atoms with Gasteiger partial charge in [0.25, 0.3) is 5.56 Å². The van der Waals surface area contributed by atoms with Crippen LogP contribution in [0, 0.1) is 5.92 Å². The van der Waals surface area contributed by atoms with Gasteiger partial charge in [-0.05, 0) is 32.3 Å². The van der Waals surface area contributed by atoms with Gasteiger partial charge in [0.05, 0.1) is 0 Å². The van der Waals surface area contributed by atoms with E-state index in [9.17, 15) is 9.59 Å². The minimum atomic E-state index is 0.0152. The van der Waals surface area contributed by atoms with Crippen molar-refractivity contribution in [2.45, 2.75) is 38.8 Å². The molecule has 0 radical (unpaired) electrons. The zero-order chi connectivity index (χ0) is 14.3. The molecule has 108 valence electrons. The van der Waals surface area contributed by atoms with Crippen molar-refractivity contribution >= 4 is 6.03 Å². The summed E-state index contributed by atoms with van der Waals surface area (Å²) in [6.45, 7) is 6.13. The van der Waals surface area contributed by atoms with E-state index in [1.54, 1.807) is 6.07 Å². The molecule has 1 N–H and O–H groups in total. The zero-order valence-corrected chi connectivity index (χ0v) is 12.0. The Hall–Kier alpha value is -1.78. The fourth-order valence-corrected chi connectivity index (χ4v) is 3.40. The monoisotopic (exact) mass is 275 g/mol. The Bertz CT molecular complexity index is 579. The first-order valence-corrected chi connectivity index (χ1v) is 7.30. The van der Waals surface area contributed by atoms with E-state index in [2.05, 4.69) is 5.32 Å². The summed E-state index contributed by atoms with van der Waals surface area (Å²) in [6, 6.07) is 5.63. The number of nitrogens with zero attached hydrogens (tertiary/aromatic N) is 2. The van der Waals surface area contributed by atoms with Crippen molar-refractivity contribution in [1.82, 2.24) is 14.8 Å². The predicted octanol–water partition coefficient (Wildman–Crippen LogP) is 1.39. The molecule has 5 heteroatoms. The molecule has 0 spiro atoms. The van der Waals surface area contributed by atoms with Gasteiger partial charge in [-0.2, -0.15) is 0 Å². The second-order valence-electron chi connectivity index (χ2n) is 6.21. The SMILES string of the molecule is CC(C)NC(=O)N1C[C@H]2C[C@H](C1)c1cccc(=O)n1C2. The van der Waals surface area contributed by atoms with Crippen LogP contribution >= 0.6 is 0 Å². The number of carbonyl (C=O) groups is 1. The summed E-state index contributed by atoms with van der Waals surface area (Å²) in [4.78, 5) is 26.0. The quantitative estimate of drug-likeness (QED) is 0.842. The normalized spacial score (nSPS) is 24.4. The van der Waals surface area contributed by atoms with E-state index in [-0.39, 0.29) is 23.6 Å². The van der Waals surface area contributed by atoms with Gasteiger partial charge in [0.1, 0.15) is 0 Å². The van der Waals surface area contributed by atoms with E-state index in [1.165, 1.54) is 0 Å². The molecule has 1 aromatic heterocycles. The van der Waals surface area contributed by atoms with Gasteiger partial charge in [-0.15, -0.1) is 0 Å². The van der Waals surface area contributed by atoms with E-state index >= 15 is 0 Å². The maximum Gasteiger partial charge on any atom is 0.317 e. The molecule has 2 atom stereocenters. The van der Waals surface area contributed by atoms with Crippen molar-refractivity contribution in [2.24, 2.45) is 5.92 Å². The molecule has 3 heterocycles. The molecule has 5 nitrogen and oxygen atoms in total. The number of nitrogens with one attached hydrogen (secondary N) is 1. The first kappa shape index (κ1) is 13.2. The Morgan fingerprint density at radius 1 is 1.30 bits per heavy atom. The van der Waals surface area contributed by atoms with Crippen LogP contribution in [0.15, 0.2) is 23.0 Å². The fraction of sp³-hybridized carbons (Fsp3) is 0.600. The minimum Gasteiger partial charge on any atom is -0.336 e. The number of aromatic nitrogens is 1. The molecular weight excluding hydrogens is 254 g/mol. The number of likely N-dealkylation sites (tertiary alicyclic amines) is 1. The summed E-state index contributed by atoms with van der Waals surface area (Å²) in [6.07, 6.45) is 1.08. The van der Waals surface area contributed by atoms with Crippen molar-refractivity contribution in [2.75, 3.05) is 13.1 Å². The van der Waals surface area contributed by atoms with Crippen LogP contribution in [0.1, 0.15) is 31.9 Å². The number of rotatable bonds is 1. The van der Waals surface area contributed by atoms with Crippen LogP contribution in [0.2, 0.25) is 0 Å². The highest BCUT2D eigenvalue weighted by Gasteiger charge is 2.36. The molecule has 0 saturated carbocycles. The van der Waals surface area contributed by atoms with Crippen LogP contribution in [0.5, 0.6) is 0 Å². The maximum atomic E-state index is 12.2. The largest absolute Gasteiger partial charge is 0.336 e. The molecular formula is C15H21N3O2. The number of carbonyl (C=O) groups excluding carboxylic acids is 1. The summed E-state index contributed by atoms with van der Waals surface area (Å²) in [5.41, 5.74) is 1.16. The Labute approximate surface area is 118 Å². The molecule has 0 aromatic carbocycles. The lowest BCUT2D eigenvalue weighted by Gasteiger charge is -2.42. The predicted molar refractivity (Wildman–Crippen MR) is 76.8 cm³/mol. The number of hydrogen-bond donors (Lipinski definition) is 1. The van der Waals surface area contributed by atoms with Gasteiger partial charge in [0.15, 0.2) is 0 Å². The smallest absolute Gasteiger partial charge is 0.317 e. The van der Waals surface area contributed by atoms with Crippen LogP contribution in [0.3, 0.4) is 0 Å². The summed E-state index contributed by atoms with van der Waals surface area (Å²) in [5.74, 6) is 0.675. The van der Waals surface area contributed by atoms with Crippen LogP contribution < -0.4 is 10.9 Å². The molecule has 2 aliphatic heterocycles. The molecule has 1 fully saturated rings. The highest BCUT2D eigenvalue weighted by atomic mass is 16.2. The summed E-state index contributed by atoms with van der Waals surface area (Å²) < 4.78 is 1.89. The third kappa shape index (κ3) is 2.32. The minimum absolute atomic E-state index is 0.0152. The van der Waals surface area contributed by atoms with Gasteiger partial charge < -0.3 is 14.8 Å². The Morgan fingerprint density at radius 3 is 2.85 bits per heavy atom. The number of piperidine rings is 1. The first-order valence-electron chi connectivity index (χ1n) is 7.30. The Morgan fingerprint density at radius 2 is 2.10 bits per heavy atom. The number of urea groups is 1. The highest BCUT2D eigenvalue weighted by molar-refractivity contribution is 5.74. The standard InChI is InChI=1S/C15H21N3O2/c1-10(2)16-15(20)17-7-11-6-12(9-17)13-4-3-5-14(19)18(13)8-11/h3-5,10-12H,6-9H2,1-2H3,(H,16,20)/t11-,12-/m1/s1. The third-order valence-corrected chi connectivity index (χ3v) is 4.18. The van der Waals surface area contributed by atoms with Gasteiger partial charge in [0.2, 0.25) is 0 Å². The average Bonchev–Trinajstić information content (AvgIpc) is 2.39. The van der Waals surface area contributed by atoms with Crippen molar-refractivity contribution < 1.29 is 4.79 Å². The van der Waals surface area contributed by atoms with Gasteiger partial charge in [0, 0.05) is 43.4 Å². The van der Waals surface area contributed by atoms with Gasteiger partial charge in [-0.25, -0.2) is 4.79 Å². The number of amides is 2. The van der Waals surface area contributed by atoms with Crippen molar-refractivity contribution in [3.8, 4) is 0 Å². The van der Waals surface area contributed by atoms with Crippen LogP contribution in [0.4, 0.5) is 4.79 Å². The molecule has 2 bridgehead atoms. The topological polar surface area (TPSA) is 54.3 Å². The van der Waals surface area contributed by atoms with E-state index in [4.69, 9.17) is 0 Å². The van der Waals surface area contributed by atoms with Gasteiger partial charge in [-0.1, -0.05) is 6.07 Å². The van der Waals surface area contributed by atoms with E-state index in [0.717, 1.165) is 25.2 Å². The second-order valence-corrected chi connectivity index (χ2v) is 6.21. The maximum absolute atomic E-state index is 12.2. The van der Waals surface area contributed by atoms with Crippen molar-refractivity contribution in [3.05, 3.63) is 34.2 Å². The first-order chi connectivity index (χ1) is 9.54. The Balaban J connectivity index is 1.84. The molecule has 0 aliphatic carbocycles. The van der Waals surface area contributed by atoms with Crippen LogP contribution in [-0.2, 0) is 6.54 Å². The van der Waals surface area contributed by atoms with Crippen molar-refractivity contribution in [1.29, 1.82) is 0 Å². The third-order valence-electron chi connectivity index (χ3n) is 4.18. The fourth-order valence-electron chi connectivity index (χ4n) is 3.40. The lowest BCUT2D eigenvalue weighted by molar-refractivity contribution is 0.130. The van der Waals surface area contributed by atoms with E-state index < -0.39 is 0 Å². The van der Waals surface area contributed by atoms with E-state index in [1.807, 2.05) is 35.4 Å². The summed E-state index contributed by atoms with van der Waals surface area (Å²) in [7, 11) is 0. The van der Waals surface area contributed by atoms with Gasteiger partial charge in [-0.3, -0.25) is 4.79 Å². The van der Waals surface area contributed by atoms with Gasteiger partial charge >= 0.3 is 6.03 Å². The van der Waals surface area contributed by atoms with Crippen LogP contribution in [-0.4, -0.2) is 34.6 Å². The highest BCUT2D eigenvalue weighted by Crippen LogP contribution is 2.34.